The molecule has 4 rings (SSSR count). The Morgan fingerprint density at radius 2 is 1.97 bits per heavy atom. The number of hydrogen-bond acceptors (Lipinski definition) is 5. The lowest BCUT2D eigenvalue weighted by atomic mass is 9.90. The van der Waals surface area contributed by atoms with Gasteiger partial charge in [-0.25, -0.2) is 0 Å². The molecule has 0 radical (unpaired) electrons. The van der Waals surface area contributed by atoms with Crippen LogP contribution < -0.4 is 10.2 Å². The Bertz CT molecular complexity index is 1090. The first-order valence-corrected chi connectivity index (χ1v) is 12.3. The fourth-order valence-electron chi connectivity index (χ4n) is 5.38. The number of hydrogen-bond donors (Lipinski definition) is 1. The van der Waals surface area contributed by atoms with Gasteiger partial charge >= 0.3 is 6.18 Å². The van der Waals surface area contributed by atoms with Gasteiger partial charge in [-0.2, -0.15) is 18.4 Å². The van der Waals surface area contributed by atoms with Crippen molar-refractivity contribution in [1.29, 1.82) is 5.26 Å². The van der Waals surface area contributed by atoms with Crippen LogP contribution in [0.3, 0.4) is 0 Å². The van der Waals surface area contributed by atoms with E-state index in [1.165, 1.54) is 0 Å². The number of carbonyl (C=O) groups is 1. The zero-order valence-electron chi connectivity index (χ0n) is 20.2. The quantitative estimate of drug-likeness (QED) is 0.673. The minimum Gasteiger partial charge on any atom is -0.368 e. The first kappa shape index (κ1) is 25.2. The van der Waals surface area contributed by atoms with Gasteiger partial charge in [0.05, 0.1) is 17.0 Å². The fraction of sp³-hybridized carbons (Fsp3) is 0.577. The smallest absolute Gasteiger partial charge is 0.368 e. The number of benzene rings is 1. The Morgan fingerprint density at radius 3 is 2.63 bits per heavy atom. The van der Waals surface area contributed by atoms with Crippen molar-refractivity contribution in [3.8, 4) is 6.07 Å². The summed E-state index contributed by atoms with van der Waals surface area (Å²) in [5, 5.41) is 12.9. The molecular weight excluding hydrogens is 455 g/mol. The summed E-state index contributed by atoms with van der Waals surface area (Å²) >= 11 is 0. The van der Waals surface area contributed by atoms with Crippen molar-refractivity contribution in [2.45, 2.75) is 57.8 Å². The predicted octanol–water partition coefficient (Wildman–Crippen LogP) is 4.49. The van der Waals surface area contributed by atoms with Gasteiger partial charge < -0.3 is 15.1 Å². The molecule has 1 amide bonds. The molecule has 1 N–H and O–H groups in total. The number of pyridine rings is 1. The molecule has 6 nitrogen and oxygen atoms in total. The molecule has 2 aromatic rings. The first-order chi connectivity index (χ1) is 16.7. The maximum Gasteiger partial charge on any atom is 0.393 e. The molecule has 35 heavy (non-hydrogen) atoms. The van der Waals surface area contributed by atoms with Crippen LogP contribution in [0, 0.1) is 23.2 Å². The number of carbonyl (C=O) groups excluding carboxylic acids is 1. The number of aromatic nitrogens is 1. The van der Waals surface area contributed by atoms with E-state index in [9.17, 15) is 23.2 Å². The van der Waals surface area contributed by atoms with Gasteiger partial charge in [-0.3, -0.25) is 9.78 Å². The van der Waals surface area contributed by atoms with Crippen LogP contribution in [-0.4, -0.2) is 60.2 Å². The standard InChI is InChI=1S/C26H32F3N5O/c1-17(2)33-10-7-18(8-11-33)12-24(35)32-21-13-20(26(27,28)29)15-34(16-21)23-6-5-19(14-30)25-22(23)4-3-9-31-25/h3-6,9,17-18,20-21H,7-8,10-13,15-16H2,1-2H3,(H,32,35). The maximum atomic E-state index is 13.8. The molecule has 0 aliphatic carbocycles. The zero-order valence-corrected chi connectivity index (χ0v) is 20.2. The molecule has 0 bridgehead atoms. The molecule has 2 atom stereocenters. The second-order valence-electron chi connectivity index (χ2n) is 10.1. The second kappa shape index (κ2) is 10.4. The van der Waals surface area contributed by atoms with Crippen molar-refractivity contribution in [2.75, 3.05) is 31.1 Å². The van der Waals surface area contributed by atoms with Crippen molar-refractivity contribution in [2.24, 2.45) is 11.8 Å². The lowest BCUT2D eigenvalue weighted by Crippen LogP contribution is -2.54. The van der Waals surface area contributed by atoms with Gasteiger partial charge in [0.1, 0.15) is 6.07 Å². The number of likely N-dealkylation sites (tertiary alicyclic amines) is 1. The highest BCUT2D eigenvalue weighted by Crippen LogP contribution is 2.37. The Labute approximate surface area is 204 Å². The largest absolute Gasteiger partial charge is 0.393 e. The van der Waals surface area contributed by atoms with Gasteiger partial charge in [0, 0.05) is 48.9 Å². The van der Waals surface area contributed by atoms with Crippen LogP contribution in [-0.2, 0) is 4.79 Å². The van der Waals surface area contributed by atoms with Crippen LogP contribution in [0.2, 0.25) is 0 Å². The number of alkyl halides is 3. The molecule has 1 aromatic heterocycles. The van der Waals surface area contributed by atoms with Crippen molar-refractivity contribution < 1.29 is 18.0 Å². The van der Waals surface area contributed by atoms with Crippen LogP contribution >= 0.6 is 0 Å². The molecule has 2 saturated heterocycles. The molecular formula is C26H32F3N5O. The van der Waals surface area contributed by atoms with Crippen LogP contribution in [0.25, 0.3) is 10.9 Å². The molecule has 0 spiro atoms. The summed E-state index contributed by atoms with van der Waals surface area (Å²) in [6.45, 7) is 6.29. The molecule has 2 fully saturated rings. The summed E-state index contributed by atoms with van der Waals surface area (Å²) in [6.07, 6.45) is -0.731. The van der Waals surface area contributed by atoms with E-state index in [4.69, 9.17) is 0 Å². The molecule has 3 heterocycles. The number of rotatable bonds is 5. The van der Waals surface area contributed by atoms with E-state index in [2.05, 4.69) is 35.1 Å². The third-order valence-corrected chi connectivity index (χ3v) is 7.34. The third-order valence-electron chi connectivity index (χ3n) is 7.34. The fourth-order valence-corrected chi connectivity index (χ4v) is 5.38. The highest BCUT2D eigenvalue weighted by molar-refractivity contribution is 5.95. The van der Waals surface area contributed by atoms with Gasteiger partial charge in [-0.15, -0.1) is 0 Å². The van der Waals surface area contributed by atoms with E-state index in [1.54, 1.807) is 35.4 Å². The number of anilines is 1. The molecule has 2 unspecified atom stereocenters. The lowest BCUT2D eigenvalue weighted by molar-refractivity contribution is -0.178. The molecule has 9 heteroatoms. The van der Waals surface area contributed by atoms with Gasteiger partial charge in [0.25, 0.3) is 0 Å². The van der Waals surface area contributed by atoms with E-state index in [0.29, 0.717) is 34.6 Å². The van der Waals surface area contributed by atoms with Crippen LogP contribution in [0.15, 0.2) is 30.5 Å². The normalized spacial score (nSPS) is 22.4. The Morgan fingerprint density at radius 1 is 1.23 bits per heavy atom. The van der Waals surface area contributed by atoms with Gasteiger partial charge in [0.15, 0.2) is 0 Å². The average Bonchev–Trinajstić information content (AvgIpc) is 2.82. The van der Waals surface area contributed by atoms with E-state index in [0.717, 1.165) is 25.9 Å². The van der Waals surface area contributed by atoms with Crippen molar-refractivity contribution in [1.82, 2.24) is 15.2 Å². The van der Waals surface area contributed by atoms with E-state index < -0.39 is 18.1 Å². The van der Waals surface area contributed by atoms with Crippen LogP contribution in [0.5, 0.6) is 0 Å². The maximum absolute atomic E-state index is 13.8. The zero-order chi connectivity index (χ0) is 25.2. The van der Waals surface area contributed by atoms with Crippen LogP contribution in [0.4, 0.5) is 18.9 Å². The number of fused-ring (bicyclic) bond motifs is 1. The predicted molar refractivity (Wildman–Crippen MR) is 129 cm³/mol. The van der Waals surface area contributed by atoms with Gasteiger partial charge in [-0.05, 0) is 76.4 Å². The number of amides is 1. The van der Waals surface area contributed by atoms with E-state index in [-0.39, 0.29) is 31.3 Å². The SMILES string of the molecule is CC(C)N1CCC(CC(=O)NC2CC(C(F)(F)F)CN(c3ccc(C#N)c4ncccc34)C2)CC1. The minimum absolute atomic E-state index is 0.135. The van der Waals surface area contributed by atoms with Crippen molar-refractivity contribution in [3.63, 3.8) is 0 Å². The highest BCUT2D eigenvalue weighted by Gasteiger charge is 2.45. The number of nitrogens with one attached hydrogen (secondary N) is 1. The number of halogens is 3. The number of nitriles is 1. The molecule has 2 aliphatic rings. The number of nitrogens with zero attached hydrogens (tertiary/aromatic N) is 4. The van der Waals surface area contributed by atoms with Crippen molar-refractivity contribution >= 4 is 22.5 Å². The summed E-state index contributed by atoms with van der Waals surface area (Å²) < 4.78 is 41.5. The van der Waals surface area contributed by atoms with Crippen molar-refractivity contribution in [3.05, 3.63) is 36.0 Å². The first-order valence-electron chi connectivity index (χ1n) is 12.3. The summed E-state index contributed by atoms with van der Waals surface area (Å²) in [5.41, 5.74) is 1.44. The van der Waals surface area contributed by atoms with E-state index in [1.807, 2.05) is 0 Å². The molecule has 2 aliphatic heterocycles. The average molecular weight is 488 g/mol. The summed E-state index contributed by atoms with van der Waals surface area (Å²) in [4.78, 5) is 21.2. The Kier molecular flexibility index (Phi) is 7.50. The second-order valence-corrected chi connectivity index (χ2v) is 10.1. The molecule has 188 valence electrons. The monoisotopic (exact) mass is 487 g/mol. The summed E-state index contributed by atoms with van der Waals surface area (Å²) in [7, 11) is 0. The Balaban J connectivity index is 1.49. The van der Waals surface area contributed by atoms with Gasteiger partial charge in [0.2, 0.25) is 5.91 Å². The topological polar surface area (TPSA) is 72.3 Å². The van der Waals surface area contributed by atoms with E-state index >= 15 is 0 Å². The summed E-state index contributed by atoms with van der Waals surface area (Å²) in [5.74, 6) is -1.47. The third kappa shape index (κ3) is 5.87. The van der Waals surface area contributed by atoms with Crippen LogP contribution in [0.1, 0.15) is 45.1 Å². The highest BCUT2D eigenvalue weighted by atomic mass is 19.4. The van der Waals surface area contributed by atoms with Gasteiger partial charge in [-0.1, -0.05) is 0 Å². The lowest BCUT2D eigenvalue weighted by Gasteiger charge is -2.40. The molecule has 1 aromatic carbocycles. The Hall–Kier alpha value is -2.86. The number of piperidine rings is 2. The summed E-state index contributed by atoms with van der Waals surface area (Å²) in [6, 6.07) is 8.72. The minimum atomic E-state index is -4.37. The molecule has 0 saturated carbocycles.